The first-order valence-electron chi connectivity index (χ1n) is 20.1. The lowest BCUT2D eigenvalue weighted by molar-refractivity contribution is -0.208. The van der Waals surface area contributed by atoms with E-state index in [-0.39, 0.29) is 33.2 Å². The van der Waals surface area contributed by atoms with Crippen LogP contribution in [0.3, 0.4) is 0 Å². The average Bonchev–Trinajstić information content (AvgIpc) is 3.15. The Kier molecular flexibility index (Phi) is 13.4. The zero-order valence-corrected chi connectivity index (χ0v) is 38.3. The fraction of sp³-hybridized carbons (Fsp3) is 0.308. The van der Waals surface area contributed by atoms with Crippen LogP contribution in [-0.2, 0) is 26.2 Å². The minimum Gasteiger partial charge on any atom is -0.736 e. The maximum atomic E-state index is 11.6. The van der Waals surface area contributed by atoms with Crippen molar-refractivity contribution in [2.75, 3.05) is 0 Å². The Labute approximate surface area is 349 Å². The fourth-order valence-corrected chi connectivity index (χ4v) is 11.8. The number of hydrogen-bond acceptors (Lipinski definition) is 4. The number of benzene rings is 6. The van der Waals surface area contributed by atoms with E-state index >= 15 is 0 Å². The van der Waals surface area contributed by atoms with Crippen LogP contribution in [0, 0.1) is 0 Å². The molecule has 0 aliphatic rings. The molecule has 0 radical (unpaired) electrons. The maximum absolute atomic E-state index is 11.6. The standard InChI is InChI=1S/C40H52P.C12H11O4P/c1-37(2,3)29-13-21-33(22-14-29)41(34-23-15-30(16-24-34)38(4,5)6,35-25-17-31(18-26-35)39(7,8)9)36-27-19-32(20-28-36)40(10,11)12;13-17(14,15-11-7-3-1-4-8-11)16-12-9-5-2-6-10-12/h13-28H,1-12H3;1-10H,(H,13,14)/q+1;/p-1. The second kappa shape index (κ2) is 17.4. The number of phosphoric ester groups is 1. The van der Waals surface area contributed by atoms with Crippen LogP contribution in [0.1, 0.15) is 105 Å². The molecule has 6 aromatic rings. The van der Waals surface area contributed by atoms with Gasteiger partial charge in [-0.3, -0.25) is 0 Å². The Bertz CT molecular complexity index is 1970. The molecule has 0 heterocycles. The lowest BCUT2D eigenvalue weighted by Gasteiger charge is -2.30. The summed E-state index contributed by atoms with van der Waals surface area (Å²) >= 11 is 0. The van der Waals surface area contributed by atoms with Crippen molar-refractivity contribution in [1.82, 2.24) is 0 Å². The van der Waals surface area contributed by atoms with Gasteiger partial charge in [0.05, 0.1) is 0 Å². The molecule has 0 saturated carbocycles. The quantitative estimate of drug-likeness (QED) is 0.144. The van der Waals surface area contributed by atoms with Gasteiger partial charge in [-0.15, -0.1) is 0 Å². The van der Waals surface area contributed by atoms with E-state index in [0.717, 1.165) is 0 Å². The van der Waals surface area contributed by atoms with E-state index in [1.165, 1.54) is 43.5 Å². The van der Waals surface area contributed by atoms with E-state index in [0.29, 0.717) is 0 Å². The summed E-state index contributed by atoms with van der Waals surface area (Å²) in [5, 5.41) is 5.61. The molecule has 0 saturated heterocycles. The monoisotopic (exact) mass is 812 g/mol. The largest absolute Gasteiger partial charge is 0.736 e. The molecule has 0 spiro atoms. The van der Waals surface area contributed by atoms with Crippen LogP contribution in [0.2, 0.25) is 0 Å². The summed E-state index contributed by atoms with van der Waals surface area (Å²) in [6.45, 7) is 27.6. The van der Waals surface area contributed by atoms with Crippen molar-refractivity contribution in [3.05, 3.63) is 180 Å². The molecule has 0 fully saturated rings. The van der Waals surface area contributed by atoms with Gasteiger partial charge in [0, 0.05) is 0 Å². The molecule has 304 valence electrons. The van der Waals surface area contributed by atoms with Gasteiger partial charge in [0.2, 0.25) is 0 Å². The van der Waals surface area contributed by atoms with Crippen molar-refractivity contribution < 1.29 is 18.5 Å². The Morgan fingerprint density at radius 1 is 0.362 bits per heavy atom. The molecule has 0 aromatic heterocycles. The lowest BCUT2D eigenvalue weighted by atomic mass is 9.87. The molecule has 4 nitrogen and oxygen atoms in total. The van der Waals surface area contributed by atoms with Gasteiger partial charge in [0.25, 0.3) is 0 Å². The minimum absolute atomic E-state index is 0.108. The average molecular weight is 813 g/mol. The summed E-state index contributed by atoms with van der Waals surface area (Å²) in [6, 6.07) is 54.6. The van der Waals surface area contributed by atoms with Gasteiger partial charge in [0.1, 0.15) is 40.0 Å². The Balaban J connectivity index is 0.000000313. The highest BCUT2D eigenvalue weighted by atomic mass is 31.2. The second-order valence-electron chi connectivity index (χ2n) is 19.1. The molecule has 6 heteroatoms. The predicted molar refractivity (Wildman–Crippen MR) is 248 cm³/mol. The highest BCUT2D eigenvalue weighted by Crippen LogP contribution is 2.55. The van der Waals surface area contributed by atoms with E-state index in [9.17, 15) is 9.46 Å². The van der Waals surface area contributed by atoms with Crippen LogP contribution in [-0.4, -0.2) is 0 Å². The van der Waals surface area contributed by atoms with Gasteiger partial charge in [-0.1, -0.05) is 168 Å². The maximum Gasteiger partial charge on any atom is 0.372 e. The SMILES string of the molecule is CC(C)(C)c1ccc([P+](c2ccc(C(C)(C)C)cc2)(c2ccc(C(C)(C)C)cc2)c2ccc(C(C)(C)C)cc2)cc1.O=P([O-])(Oc1ccccc1)Oc1ccccc1. The van der Waals surface area contributed by atoms with Crippen molar-refractivity contribution in [1.29, 1.82) is 0 Å². The van der Waals surface area contributed by atoms with Crippen LogP contribution in [0.4, 0.5) is 0 Å². The van der Waals surface area contributed by atoms with Gasteiger partial charge in [-0.2, -0.15) is 0 Å². The van der Waals surface area contributed by atoms with Crippen LogP contribution >= 0.6 is 15.1 Å². The summed E-state index contributed by atoms with van der Waals surface area (Å²) in [5.41, 5.74) is 5.91. The molecule has 0 atom stereocenters. The van der Waals surface area contributed by atoms with Crippen molar-refractivity contribution in [3.63, 3.8) is 0 Å². The second-order valence-corrected chi connectivity index (χ2v) is 23.8. The Morgan fingerprint density at radius 2 is 0.569 bits per heavy atom. The van der Waals surface area contributed by atoms with E-state index in [1.54, 1.807) is 60.7 Å². The van der Waals surface area contributed by atoms with Gasteiger partial charge >= 0.3 is 7.82 Å². The van der Waals surface area contributed by atoms with Crippen LogP contribution in [0.25, 0.3) is 0 Å². The van der Waals surface area contributed by atoms with Crippen molar-refractivity contribution >= 4 is 36.3 Å². The molecular formula is C52H62O4P2. The molecule has 0 aliphatic carbocycles. The van der Waals surface area contributed by atoms with Gasteiger partial charge < -0.3 is 13.9 Å². The summed E-state index contributed by atoms with van der Waals surface area (Å²) in [6.07, 6.45) is 0. The van der Waals surface area contributed by atoms with Gasteiger partial charge in [-0.05, 0) is 117 Å². The fourth-order valence-electron chi connectivity index (χ4n) is 6.87. The number of hydrogen-bond donors (Lipinski definition) is 0. The molecule has 0 N–H and O–H groups in total. The third-order valence-electron chi connectivity index (χ3n) is 10.4. The smallest absolute Gasteiger partial charge is 0.372 e. The van der Waals surface area contributed by atoms with E-state index < -0.39 is 15.1 Å². The van der Waals surface area contributed by atoms with E-state index in [4.69, 9.17) is 9.05 Å². The highest BCUT2D eigenvalue weighted by Gasteiger charge is 2.48. The summed E-state index contributed by atoms with van der Waals surface area (Å²) in [4.78, 5) is 11.6. The molecule has 0 unspecified atom stereocenters. The number of phosphoric acid groups is 1. The predicted octanol–water partition coefficient (Wildman–Crippen LogP) is 12.1. The first kappa shape index (κ1) is 44.6. The van der Waals surface area contributed by atoms with Crippen molar-refractivity contribution in [3.8, 4) is 11.5 Å². The molecule has 6 rings (SSSR count). The van der Waals surface area contributed by atoms with Gasteiger partial charge in [-0.25, -0.2) is 4.57 Å². The first-order valence-corrected chi connectivity index (χ1v) is 23.4. The van der Waals surface area contributed by atoms with Crippen molar-refractivity contribution in [2.24, 2.45) is 0 Å². The zero-order chi connectivity index (χ0) is 42.6. The topological polar surface area (TPSA) is 58.6 Å². The third-order valence-corrected chi connectivity index (χ3v) is 15.6. The van der Waals surface area contributed by atoms with Gasteiger partial charge in [0.15, 0.2) is 0 Å². The molecule has 0 aliphatic heterocycles. The number of para-hydroxylation sites is 2. The van der Waals surface area contributed by atoms with E-state index in [2.05, 4.69) is 180 Å². The Hall–Kier alpha value is -4.46. The molecule has 0 bridgehead atoms. The van der Waals surface area contributed by atoms with Crippen LogP contribution < -0.4 is 35.2 Å². The van der Waals surface area contributed by atoms with Crippen LogP contribution in [0.5, 0.6) is 11.5 Å². The van der Waals surface area contributed by atoms with E-state index in [1.807, 2.05) is 0 Å². The normalized spacial score (nSPS) is 12.6. The minimum atomic E-state index is -4.39. The third kappa shape index (κ3) is 11.0. The molecule has 0 amide bonds. The Morgan fingerprint density at radius 3 is 0.759 bits per heavy atom. The highest BCUT2D eigenvalue weighted by molar-refractivity contribution is 8.01. The van der Waals surface area contributed by atoms with Crippen molar-refractivity contribution in [2.45, 2.75) is 105 Å². The molecule has 6 aromatic carbocycles. The lowest BCUT2D eigenvalue weighted by Crippen LogP contribution is -2.39. The molecule has 58 heavy (non-hydrogen) atoms. The summed E-state index contributed by atoms with van der Waals surface area (Å²) < 4.78 is 21.1. The van der Waals surface area contributed by atoms with Crippen LogP contribution in [0.15, 0.2) is 158 Å². The zero-order valence-electron chi connectivity index (χ0n) is 36.5. The molecular weight excluding hydrogens is 751 g/mol. The summed E-state index contributed by atoms with van der Waals surface area (Å²) in [5.74, 6) is 0.448. The summed E-state index contributed by atoms with van der Waals surface area (Å²) in [7, 11) is -6.58. The number of rotatable bonds is 8. The first-order chi connectivity index (χ1) is 27.0.